The maximum absolute atomic E-state index is 12.8. The van der Waals surface area contributed by atoms with Gasteiger partial charge in [-0.1, -0.05) is 42.8 Å². The summed E-state index contributed by atoms with van der Waals surface area (Å²) in [4.78, 5) is 12.8. The van der Waals surface area contributed by atoms with Gasteiger partial charge < -0.3 is 14.6 Å². The van der Waals surface area contributed by atoms with E-state index >= 15 is 0 Å². The van der Waals surface area contributed by atoms with Gasteiger partial charge in [0.1, 0.15) is 18.2 Å². The number of aryl methyl sites for hydroxylation is 1. The number of nitrogens with one attached hydrogen (secondary N) is 1. The van der Waals surface area contributed by atoms with Gasteiger partial charge in [0.2, 0.25) is 0 Å². The number of nitrogens with zero attached hydrogens (tertiary/aromatic N) is 3. The lowest BCUT2D eigenvalue weighted by molar-refractivity contribution is 0.102. The number of rotatable bonds is 6. The van der Waals surface area contributed by atoms with Crippen molar-refractivity contribution in [2.24, 2.45) is 0 Å². The quantitative estimate of drug-likeness (QED) is 0.431. The van der Waals surface area contributed by atoms with Gasteiger partial charge in [-0.25, -0.2) is 0 Å². The second kappa shape index (κ2) is 9.69. The van der Waals surface area contributed by atoms with E-state index in [1.807, 2.05) is 66.7 Å². The van der Waals surface area contributed by atoms with E-state index in [2.05, 4.69) is 20.1 Å². The van der Waals surface area contributed by atoms with Gasteiger partial charge in [0, 0.05) is 29.8 Å². The van der Waals surface area contributed by atoms with E-state index in [1.54, 1.807) is 12.1 Å². The largest absolute Gasteiger partial charge is 0.489 e. The highest BCUT2D eigenvalue weighted by atomic mass is 16.5. The van der Waals surface area contributed by atoms with Crippen LogP contribution in [0.2, 0.25) is 0 Å². The van der Waals surface area contributed by atoms with E-state index in [0.29, 0.717) is 17.9 Å². The fourth-order valence-corrected chi connectivity index (χ4v) is 4.07. The Kier molecular flexibility index (Phi) is 6.15. The molecular weight excluding hydrogens is 412 g/mol. The van der Waals surface area contributed by atoms with Crippen molar-refractivity contribution in [2.75, 3.05) is 5.32 Å². The van der Waals surface area contributed by atoms with Gasteiger partial charge in [0.05, 0.1) is 0 Å². The standard InChI is InChI=1S/C27H26N4O2/c32-27(22-10-7-11-24(18-22)33-19-20-8-3-1-4-9-20)28-23-15-13-21(14-16-23)26-30-29-25-12-5-2-6-17-31(25)26/h1,3-4,7-11,13-16,18H,2,5-6,12,17,19H2,(H,28,32). The lowest BCUT2D eigenvalue weighted by Gasteiger charge is -2.10. The third-order valence-corrected chi connectivity index (χ3v) is 5.86. The van der Waals surface area contributed by atoms with Crippen molar-refractivity contribution in [3.8, 4) is 17.1 Å². The molecule has 33 heavy (non-hydrogen) atoms. The monoisotopic (exact) mass is 438 g/mol. The fraction of sp³-hybridized carbons (Fsp3) is 0.222. The van der Waals surface area contributed by atoms with Crippen LogP contribution < -0.4 is 10.1 Å². The summed E-state index contributed by atoms with van der Waals surface area (Å²) < 4.78 is 8.07. The predicted octanol–water partition coefficient (Wildman–Crippen LogP) is 5.50. The molecule has 0 fully saturated rings. The summed E-state index contributed by atoms with van der Waals surface area (Å²) in [5.74, 6) is 2.45. The molecule has 0 aliphatic carbocycles. The summed E-state index contributed by atoms with van der Waals surface area (Å²) in [5.41, 5.74) is 3.37. The molecule has 0 saturated heterocycles. The smallest absolute Gasteiger partial charge is 0.255 e. The molecule has 6 nitrogen and oxygen atoms in total. The average Bonchev–Trinajstić information content (AvgIpc) is 3.12. The summed E-state index contributed by atoms with van der Waals surface area (Å²) in [6.07, 6.45) is 4.53. The summed E-state index contributed by atoms with van der Waals surface area (Å²) in [6.45, 7) is 1.42. The first-order valence-electron chi connectivity index (χ1n) is 11.4. The predicted molar refractivity (Wildman–Crippen MR) is 128 cm³/mol. The molecule has 1 aliphatic rings. The molecule has 2 heterocycles. The van der Waals surface area contributed by atoms with Gasteiger partial charge in [-0.3, -0.25) is 4.79 Å². The molecule has 3 aromatic carbocycles. The Bertz CT molecular complexity index is 1230. The minimum absolute atomic E-state index is 0.177. The normalized spacial score (nSPS) is 13.1. The van der Waals surface area contributed by atoms with Crippen molar-refractivity contribution in [1.82, 2.24) is 14.8 Å². The van der Waals surface area contributed by atoms with E-state index in [1.165, 1.54) is 12.8 Å². The highest BCUT2D eigenvalue weighted by molar-refractivity contribution is 6.04. The number of anilines is 1. The van der Waals surface area contributed by atoms with Gasteiger partial charge in [-0.05, 0) is 60.9 Å². The molecule has 0 unspecified atom stereocenters. The second-order valence-corrected chi connectivity index (χ2v) is 8.24. The fourth-order valence-electron chi connectivity index (χ4n) is 4.07. The average molecular weight is 439 g/mol. The Balaban J connectivity index is 1.25. The third kappa shape index (κ3) is 4.95. The van der Waals surface area contributed by atoms with Gasteiger partial charge in [0.25, 0.3) is 5.91 Å². The number of fused-ring (bicyclic) bond motifs is 1. The zero-order valence-electron chi connectivity index (χ0n) is 18.4. The van der Waals surface area contributed by atoms with Crippen LogP contribution in [0, 0.1) is 0 Å². The molecule has 1 N–H and O–H groups in total. The number of benzene rings is 3. The molecule has 166 valence electrons. The van der Waals surface area contributed by atoms with E-state index in [4.69, 9.17) is 4.74 Å². The minimum Gasteiger partial charge on any atom is -0.489 e. The summed E-state index contributed by atoms with van der Waals surface area (Å²) in [6, 6.07) is 25.0. The number of amides is 1. The molecule has 6 heteroatoms. The molecule has 1 aliphatic heterocycles. The maximum Gasteiger partial charge on any atom is 0.255 e. The Hall–Kier alpha value is -3.93. The minimum atomic E-state index is -0.177. The molecule has 0 atom stereocenters. The highest BCUT2D eigenvalue weighted by Crippen LogP contribution is 2.24. The molecular formula is C27H26N4O2. The Labute approximate surface area is 193 Å². The summed E-state index contributed by atoms with van der Waals surface area (Å²) in [7, 11) is 0. The molecule has 5 rings (SSSR count). The highest BCUT2D eigenvalue weighted by Gasteiger charge is 2.16. The van der Waals surface area contributed by atoms with Gasteiger partial charge >= 0.3 is 0 Å². The van der Waals surface area contributed by atoms with Crippen LogP contribution in [0.15, 0.2) is 78.9 Å². The SMILES string of the molecule is O=C(Nc1ccc(-c2nnc3n2CCCCC3)cc1)c1cccc(OCc2ccccc2)c1. The number of hydrogen-bond acceptors (Lipinski definition) is 4. The molecule has 0 spiro atoms. The first kappa shape index (κ1) is 20.9. The number of ether oxygens (including phenoxy) is 1. The van der Waals surface area contributed by atoms with Crippen molar-refractivity contribution in [1.29, 1.82) is 0 Å². The van der Waals surface area contributed by atoms with Crippen LogP contribution in [0.5, 0.6) is 5.75 Å². The van der Waals surface area contributed by atoms with Crippen LogP contribution in [0.1, 0.15) is 41.0 Å². The van der Waals surface area contributed by atoms with Crippen molar-refractivity contribution < 1.29 is 9.53 Å². The number of aromatic nitrogens is 3. The second-order valence-electron chi connectivity index (χ2n) is 8.24. The topological polar surface area (TPSA) is 69.0 Å². The van der Waals surface area contributed by atoms with E-state index < -0.39 is 0 Å². The number of hydrogen-bond donors (Lipinski definition) is 1. The van der Waals surface area contributed by atoms with Gasteiger partial charge in [0.15, 0.2) is 5.82 Å². The lowest BCUT2D eigenvalue weighted by Crippen LogP contribution is -2.12. The number of carbonyl (C=O) groups is 1. The van der Waals surface area contributed by atoms with Crippen molar-refractivity contribution in [3.05, 3.63) is 95.8 Å². The summed E-state index contributed by atoms with van der Waals surface area (Å²) >= 11 is 0. The Morgan fingerprint density at radius 2 is 1.76 bits per heavy atom. The zero-order chi connectivity index (χ0) is 22.5. The van der Waals surface area contributed by atoms with Crippen LogP contribution in [0.3, 0.4) is 0 Å². The van der Waals surface area contributed by atoms with Crippen LogP contribution in [-0.2, 0) is 19.6 Å². The van der Waals surface area contributed by atoms with Crippen molar-refractivity contribution in [2.45, 2.75) is 38.8 Å². The molecule has 1 amide bonds. The van der Waals surface area contributed by atoms with Crippen LogP contribution in [0.4, 0.5) is 5.69 Å². The van der Waals surface area contributed by atoms with Crippen molar-refractivity contribution >= 4 is 11.6 Å². The summed E-state index contributed by atoms with van der Waals surface area (Å²) in [5, 5.41) is 11.8. The van der Waals surface area contributed by atoms with Crippen molar-refractivity contribution in [3.63, 3.8) is 0 Å². The first-order valence-corrected chi connectivity index (χ1v) is 11.4. The van der Waals surface area contributed by atoms with Gasteiger partial charge in [-0.15, -0.1) is 10.2 Å². The molecule has 0 saturated carbocycles. The molecule has 0 radical (unpaired) electrons. The number of carbonyl (C=O) groups excluding carboxylic acids is 1. The molecule has 0 bridgehead atoms. The zero-order valence-corrected chi connectivity index (χ0v) is 18.4. The van der Waals surface area contributed by atoms with E-state index in [0.717, 1.165) is 47.8 Å². The lowest BCUT2D eigenvalue weighted by atomic mass is 10.1. The van der Waals surface area contributed by atoms with E-state index in [-0.39, 0.29) is 5.91 Å². The molecule has 4 aromatic rings. The van der Waals surface area contributed by atoms with Crippen LogP contribution >= 0.6 is 0 Å². The third-order valence-electron chi connectivity index (χ3n) is 5.86. The Morgan fingerprint density at radius 3 is 2.61 bits per heavy atom. The van der Waals surface area contributed by atoms with Crippen LogP contribution in [0.25, 0.3) is 11.4 Å². The maximum atomic E-state index is 12.8. The first-order chi connectivity index (χ1) is 16.3. The van der Waals surface area contributed by atoms with E-state index in [9.17, 15) is 4.79 Å². The Morgan fingerprint density at radius 1 is 0.909 bits per heavy atom. The molecule has 1 aromatic heterocycles. The van der Waals surface area contributed by atoms with Crippen LogP contribution in [-0.4, -0.2) is 20.7 Å². The van der Waals surface area contributed by atoms with Gasteiger partial charge in [-0.2, -0.15) is 0 Å².